The normalized spacial score (nSPS) is 26.0. The van der Waals surface area contributed by atoms with Gasteiger partial charge in [-0.05, 0) is 36.5 Å². The van der Waals surface area contributed by atoms with Gasteiger partial charge < -0.3 is 10.1 Å². The van der Waals surface area contributed by atoms with E-state index in [1.807, 2.05) is 6.92 Å². The van der Waals surface area contributed by atoms with E-state index in [0.29, 0.717) is 13.2 Å². The van der Waals surface area contributed by atoms with Gasteiger partial charge in [-0.15, -0.1) is 0 Å². The Bertz CT molecular complexity index is 323. The number of hydrogen-bond donors (Lipinski definition) is 1. The molecular weight excluding hydrogens is 269 g/mol. The number of halogens is 2. The van der Waals surface area contributed by atoms with Crippen LogP contribution >= 0.6 is 23.2 Å². The van der Waals surface area contributed by atoms with Gasteiger partial charge in [0.25, 0.3) is 0 Å². The van der Waals surface area contributed by atoms with Gasteiger partial charge in [0.15, 0.2) is 0 Å². The molecule has 2 atom stereocenters. The molecule has 0 saturated carbocycles. The van der Waals surface area contributed by atoms with Crippen molar-refractivity contribution in [2.75, 3.05) is 20.2 Å². The lowest BCUT2D eigenvalue weighted by molar-refractivity contribution is -0.497. The Hall–Kier alpha value is -0.590. The molecule has 0 aromatic heterocycles. The van der Waals surface area contributed by atoms with Crippen molar-refractivity contribution in [2.45, 2.75) is 23.9 Å². The molecule has 0 radical (unpaired) electrons. The smallest absolute Gasteiger partial charge is 0.378 e. The van der Waals surface area contributed by atoms with Crippen LogP contribution in [-0.2, 0) is 4.74 Å². The molecule has 1 rings (SSSR count). The SMILES string of the molecule is CN=C(NCC1COC(C)C1)C(Cl)(Cl)[N+](=O)[O-]. The van der Waals surface area contributed by atoms with Crippen molar-refractivity contribution < 1.29 is 9.66 Å². The van der Waals surface area contributed by atoms with Crippen LogP contribution in [0.3, 0.4) is 0 Å². The van der Waals surface area contributed by atoms with Crippen molar-refractivity contribution in [1.82, 2.24) is 5.32 Å². The zero-order valence-electron chi connectivity index (χ0n) is 9.65. The third kappa shape index (κ3) is 3.69. The molecule has 0 spiro atoms. The van der Waals surface area contributed by atoms with E-state index in [1.54, 1.807) is 0 Å². The number of nitrogens with one attached hydrogen (secondary N) is 1. The second-order valence-electron chi connectivity index (χ2n) is 4.00. The lowest BCUT2D eigenvalue weighted by Crippen LogP contribution is -2.45. The van der Waals surface area contributed by atoms with E-state index in [1.165, 1.54) is 7.05 Å². The van der Waals surface area contributed by atoms with Crippen molar-refractivity contribution >= 4 is 29.0 Å². The highest BCUT2D eigenvalue weighted by atomic mass is 35.5. The van der Waals surface area contributed by atoms with Crippen LogP contribution in [-0.4, -0.2) is 41.5 Å². The van der Waals surface area contributed by atoms with Crippen LogP contribution in [0.5, 0.6) is 0 Å². The number of aliphatic imine (C=N–C) groups is 1. The average molecular weight is 284 g/mol. The summed E-state index contributed by atoms with van der Waals surface area (Å²) in [5, 5.41) is 13.5. The molecule has 1 aliphatic heterocycles. The number of amidine groups is 1. The van der Waals surface area contributed by atoms with Crippen LogP contribution < -0.4 is 5.32 Å². The van der Waals surface area contributed by atoms with Gasteiger partial charge in [0, 0.05) is 19.5 Å². The van der Waals surface area contributed by atoms with Crippen LogP contribution in [0, 0.1) is 16.0 Å². The second-order valence-corrected chi connectivity index (χ2v) is 5.28. The average Bonchev–Trinajstić information content (AvgIpc) is 2.64. The Balaban J connectivity index is 2.52. The van der Waals surface area contributed by atoms with Crippen molar-refractivity contribution in [2.24, 2.45) is 10.9 Å². The first-order valence-corrected chi connectivity index (χ1v) is 5.98. The topological polar surface area (TPSA) is 76.8 Å². The maximum Gasteiger partial charge on any atom is 0.427 e. The second kappa shape index (κ2) is 5.84. The lowest BCUT2D eigenvalue weighted by Gasteiger charge is -2.16. The van der Waals surface area contributed by atoms with Gasteiger partial charge >= 0.3 is 4.46 Å². The summed E-state index contributed by atoms with van der Waals surface area (Å²) >= 11 is 11.2. The monoisotopic (exact) mass is 283 g/mol. The molecule has 0 amide bonds. The van der Waals surface area contributed by atoms with Crippen LogP contribution in [0.25, 0.3) is 0 Å². The van der Waals surface area contributed by atoms with E-state index in [4.69, 9.17) is 27.9 Å². The summed E-state index contributed by atoms with van der Waals surface area (Å²) in [6.07, 6.45) is 1.12. The Kier molecular flexibility index (Phi) is 4.97. The molecule has 1 heterocycles. The molecule has 1 N–H and O–H groups in total. The molecule has 2 unspecified atom stereocenters. The molecule has 0 aromatic rings. The Labute approximate surface area is 109 Å². The number of rotatable bonds is 4. The van der Waals surface area contributed by atoms with Gasteiger partial charge in [0.2, 0.25) is 5.84 Å². The highest BCUT2D eigenvalue weighted by Gasteiger charge is 2.44. The molecule has 0 aliphatic carbocycles. The summed E-state index contributed by atoms with van der Waals surface area (Å²) in [6.45, 7) is 3.12. The van der Waals surface area contributed by atoms with E-state index >= 15 is 0 Å². The minimum absolute atomic E-state index is 0.0506. The van der Waals surface area contributed by atoms with Crippen LogP contribution in [0.2, 0.25) is 0 Å². The van der Waals surface area contributed by atoms with Gasteiger partial charge in [-0.1, -0.05) is 0 Å². The van der Waals surface area contributed by atoms with Crippen LogP contribution in [0.15, 0.2) is 4.99 Å². The number of ether oxygens (including phenoxy) is 1. The standard InChI is InChI=1S/C9H15Cl2N3O3/c1-6-3-7(5-17-6)4-13-8(12-2)9(10,11)14(15)16/h6-7H,3-5H2,1-2H3,(H,12,13). The first-order chi connectivity index (χ1) is 7.87. The van der Waals surface area contributed by atoms with Crippen LogP contribution in [0.4, 0.5) is 0 Å². The zero-order chi connectivity index (χ0) is 13.1. The molecule has 8 heteroatoms. The number of alkyl halides is 2. The minimum atomic E-state index is -2.22. The summed E-state index contributed by atoms with van der Waals surface area (Å²) < 4.78 is 3.16. The highest BCUT2D eigenvalue weighted by Crippen LogP contribution is 2.23. The molecule has 98 valence electrons. The summed E-state index contributed by atoms with van der Waals surface area (Å²) in [5.74, 6) is 0.239. The van der Waals surface area contributed by atoms with Crippen LogP contribution in [0.1, 0.15) is 13.3 Å². The quantitative estimate of drug-likeness (QED) is 0.212. The lowest BCUT2D eigenvalue weighted by atomic mass is 10.1. The summed E-state index contributed by atoms with van der Waals surface area (Å²) in [5.41, 5.74) is 0. The van der Waals surface area contributed by atoms with E-state index in [0.717, 1.165) is 6.42 Å². The summed E-state index contributed by atoms with van der Waals surface area (Å²) in [4.78, 5) is 13.6. The van der Waals surface area contributed by atoms with E-state index in [9.17, 15) is 10.1 Å². The molecule has 17 heavy (non-hydrogen) atoms. The molecule has 1 saturated heterocycles. The van der Waals surface area contributed by atoms with Gasteiger partial charge in [0.05, 0.1) is 17.6 Å². The predicted octanol–water partition coefficient (Wildman–Crippen LogP) is 1.44. The molecule has 1 fully saturated rings. The first-order valence-electron chi connectivity index (χ1n) is 5.23. The van der Waals surface area contributed by atoms with Crippen molar-refractivity contribution in [3.8, 4) is 0 Å². The third-order valence-corrected chi connectivity index (χ3v) is 3.21. The van der Waals surface area contributed by atoms with E-state index in [2.05, 4.69) is 10.3 Å². The fourth-order valence-electron chi connectivity index (χ4n) is 1.70. The number of hydrogen-bond acceptors (Lipinski definition) is 4. The fourth-order valence-corrected chi connectivity index (χ4v) is 2.00. The first kappa shape index (κ1) is 14.5. The Morgan fingerprint density at radius 3 is 2.76 bits per heavy atom. The number of nitrogens with zero attached hydrogens (tertiary/aromatic N) is 2. The van der Waals surface area contributed by atoms with Crippen molar-refractivity contribution in [3.05, 3.63) is 10.1 Å². The van der Waals surface area contributed by atoms with Crippen molar-refractivity contribution in [1.29, 1.82) is 0 Å². The van der Waals surface area contributed by atoms with E-state index in [-0.39, 0.29) is 17.9 Å². The third-order valence-electron chi connectivity index (χ3n) is 2.58. The Morgan fingerprint density at radius 1 is 1.71 bits per heavy atom. The molecular formula is C9H15Cl2N3O3. The van der Waals surface area contributed by atoms with Gasteiger partial charge in [-0.3, -0.25) is 15.1 Å². The van der Waals surface area contributed by atoms with Gasteiger partial charge in [-0.2, -0.15) is 0 Å². The van der Waals surface area contributed by atoms with E-state index < -0.39 is 9.38 Å². The summed E-state index contributed by atoms with van der Waals surface area (Å²) in [6, 6.07) is 0. The minimum Gasteiger partial charge on any atom is -0.378 e. The number of nitro groups is 1. The predicted molar refractivity (Wildman–Crippen MR) is 66.3 cm³/mol. The fraction of sp³-hybridized carbons (Fsp3) is 0.889. The molecule has 1 aliphatic rings. The van der Waals surface area contributed by atoms with Gasteiger partial charge in [0.1, 0.15) is 0 Å². The largest absolute Gasteiger partial charge is 0.427 e. The highest BCUT2D eigenvalue weighted by molar-refractivity contribution is 6.57. The molecule has 0 bridgehead atoms. The molecule has 6 nitrogen and oxygen atoms in total. The Morgan fingerprint density at radius 2 is 2.35 bits per heavy atom. The molecule has 0 aromatic carbocycles. The maximum atomic E-state index is 10.7. The zero-order valence-corrected chi connectivity index (χ0v) is 11.2. The summed E-state index contributed by atoms with van der Waals surface area (Å²) in [7, 11) is 1.40. The van der Waals surface area contributed by atoms with Gasteiger partial charge in [-0.25, -0.2) is 0 Å². The van der Waals surface area contributed by atoms with Crippen molar-refractivity contribution in [3.63, 3.8) is 0 Å². The maximum absolute atomic E-state index is 10.7.